The first-order valence-electron chi connectivity index (χ1n) is 32.7. The molecule has 3 aliphatic rings. The number of nitrogens with one attached hydrogen (secondary N) is 9. The quantitative estimate of drug-likeness (QED) is 0.0199. The molecule has 3 heterocycles. The molecule has 19 N–H and O–H groups in total. The number of phosphoric acid groups is 1. The molecule has 41 nitrogen and oxygen atoms in total. The van der Waals surface area contributed by atoms with E-state index < -0.39 is 191 Å². The van der Waals surface area contributed by atoms with Crippen LogP contribution in [0.15, 0.2) is 0 Å². The maximum absolute atomic E-state index is 13.7. The highest BCUT2D eigenvalue weighted by Gasteiger charge is 2.48. The van der Waals surface area contributed by atoms with E-state index in [2.05, 4.69) is 56.9 Å². The normalized spacial score (nSPS) is 26.2. The second-order valence-corrected chi connectivity index (χ2v) is 23.9. The van der Waals surface area contributed by atoms with Gasteiger partial charge >= 0.3 is 7.82 Å². The van der Waals surface area contributed by atoms with Crippen LogP contribution in [0.5, 0.6) is 0 Å². The highest BCUT2D eigenvalue weighted by atomic mass is 31.2. The molecule has 0 aromatic rings. The Labute approximate surface area is 578 Å². The van der Waals surface area contributed by atoms with Crippen LogP contribution in [0.4, 0.5) is 0 Å². The molecule has 580 valence electrons. The number of aliphatic hydroxyl groups is 9. The fraction of sp³-hybridized carbons (Fsp3) is 0.845. The Morgan fingerprint density at radius 3 is 1.05 bits per heavy atom. The van der Waals surface area contributed by atoms with Crippen molar-refractivity contribution in [1.82, 2.24) is 47.9 Å². The first-order valence-corrected chi connectivity index (χ1v) is 34.2. The molecule has 42 heteroatoms. The standard InChI is InChI=1S/C56H100N9O32P.C2H6/c1-31(69)61-43-49(79)46(76)36(28-66)95-54(43)91-24-20-87-16-13-58-40(73)10-8-34(52(82)59-14-18-88-21-25-92-55-44(62-32(2)70)50(80)47(77)37(29-67)96-55)65-42(75)11-9-35(64-41(74)7-5-6-39(72)57-12-17-90-23-27-94-98(84,85)86-4)53(83)60-15-19-89-22-26-93-56-45(63-33(3)71)51(81)48(78)38(30-68)97-56;1-2/h34-38,43-51,54-56,66-68,76-81H,5-30H2,1-4H3,(H,57,72)(H,58,73)(H,59,82)(H,60,83)(H,61,69)(H,62,70)(H,63,71)(H,64,74)(H,65,75)(H,84,85);1-2H3/t34-,35-,36?,37?,38?,43?,44?,45?,46?,47?,48?,49?,50?,51?,54?,55?,56?;/m0./s1. The van der Waals surface area contributed by atoms with Crippen molar-refractivity contribution in [3.8, 4) is 0 Å². The number of carbonyl (C=O) groups is 9. The first kappa shape index (κ1) is 90.7. The van der Waals surface area contributed by atoms with Crippen molar-refractivity contribution in [2.75, 3.05) is 132 Å². The number of ether oxygens (including phenoxy) is 10. The zero-order chi connectivity index (χ0) is 74.7. The molecule has 0 aromatic heterocycles. The number of amides is 9. The number of rotatable bonds is 49. The Bertz CT molecular complexity index is 2470. The first-order chi connectivity index (χ1) is 47.7. The van der Waals surface area contributed by atoms with E-state index in [4.69, 9.17) is 47.4 Å². The summed E-state index contributed by atoms with van der Waals surface area (Å²) in [7, 11) is -3.19. The lowest BCUT2D eigenvalue weighted by molar-refractivity contribution is -0.272. The van der Waals surface area contributed by atoms with Gasteiger partial charge in [-0.25, -0.2) is 4.57 Å². The molecule has 0 bridgehead atoms. The van der Waals surface area contributed by atoms with Gasteiger partial charge in [0, 0.05) is 79.7 Å². The van der Waals surface area contributed by atoms with Crippen molar-refractivity contribution in [1.29, 1.82) is 0 Å². The number of phosphoric ester groups is 1. The molecule has 3 rings (SSSR count). The number of hydrogen-bond donors (Lipinski definition) is 19. The van der Waals surface area contributed by atoms with Crippen LogP contribution in [0, 0.1) is 0 Å². The molecule has 3 saturated heterocycles. The maximum atomic E-state index is 13.7. The van der Waals surface area contributed by atoms with Gasteiger partial charge in [0.25, 0.3) is 0 Å². The third-order valence-electron chi connectivity index (χ3n) is 14.7. The SMILES string of the molecule is CC.COP(=O)(O)OCCOCCNC(=O)CCCC(=O)N[C@@H](CCC(=O)N[C@@H](CCC(=O)NCCOCCOC1OC(CO)C(O)C(O)C1NC(C)=O)C(=O)NCCOCCOC1OC(CO)C(O)C(O)C1NC(C)=O)C(=O)NCCOCCOC1OC(CO)C(O)C(O)C1NC(C)=O. The Morgan fingerprint density at radius 1 is 0.420 bits per heavy atom. The van der Waals surface area contributed by atoms with E-state index in [1.54, 1.807) is 0 Å². The molecule has 9 amide bonds. The molecular weight excluding hydrogens is 1370 g/mol. The van der Waals surface area contributed by atoms with Gasteiger partial charge in [-0.05, 0) is 19.3 Å². The minimum absolute atomic E-state index is 0.00627. The van der Waals surface area contributed by atoms with Crippen LogP contribution in [-0.2, 0) is 104 Å². The third kappa shape index (κ3) is 35.2. The zero-order valence-electron chi connectivity index (χ0n) is 57.1. The minimum Gasteiger partial charge on any atom is -0.394 e. The summed E-state index contributed by atoms with van der Waals surface area (Å²) in [5.41, 5.74) is 0. The summed E-state index contributed by atoms with van der Waals surface area (Å²) >= 11 is 0. The minimum atomic E-state index is -4.19. The second-order valence-electron chi connectivity index (χ2n) is 22.3. The largest absolute Gasteiger partial charge is 0.471 e. The summed E-state index contributed by atoms with van der Waals surface area (Å²) in [6, 6.07) is -6.39. The van der Waals surface area contributed by atoms with E-state index in [0.29, 0.717) is 0 Å². The zero-order valence-corrected chi connectivity index (χ0v) is 58.0. The Hall–Kier alpha value is -5.42. The fourth-order valence-electron chi connectivity index (χ4n) is 9.65. The Balaban J connectivity index is 0.0000168. The van der Waals surface area contributed by atoms with Crippen molar-refractivity contribution in [2.45, 2.75) is 184 Å². The average molecular weight is 1470 g/mol. The van der Waals surface area contributed by atoms with E-state index in [-0.39, 0.29) is 144 Å². The summed E-state index contributed by atoms with van der Waals surface area (Å²) in [5, 5.41) is 114. The van der Waals surface area contributed by atoms with Gasteiger partial charge in [-0.3, -0.25) is 52.2 Å². The lowest BCUT2D eigenvalue weighted by atomic mass is 9.97. The summed E-state index contributed by atoms with van der Waals surface area (Å²) in [6.45, 7) is 3.65. The Morgan fingerprint density at radius 2 is 0.720 bits per heavy atom. The maximum Gasteiger partial charge on any atom is 0.471 e. The van der Waals surface area contributed by atoms with E-state index in [0.717, 1.165) is 7.11 Å². The summed E-state index contributed by atoms with van der Waals surface area (Å²) in [4.78, 5) is 125. The Kier molecular flexibility index (Phi) is 46.1. The average Bonchev–Trinajstić information content (AvgIpc) is 0.823. The predicted molar refractivity (Wildman–Crippen MR) is 340 cm³/mol. The molecule has 100 heavy (non-hydrogen) atoms. The molecule has 3 fully saturated rings. The summed E-state index contributed by atoms with van der Waals surface area (Å²) < 4.78 is 75.6. The van der Waals surface area contributed by atoms with E-state index in [9.17, 15) is 98.6 Å². The highest BCUT2D eigenvalue weighted by Crippen LogP contribution is 2.41. The molecule has 18 atom stereocenters. The van der Waals surface area contributed by atoms with Crippen molar-refractivity contribution in [2.24, 2.45) is 0 Å². The van der Waals surface area contributed by atoms with Gasteiger partial charge in [-0.15, -0.1) is 0 Å². The van der Waals surface area contributed by atoms with Gasteiger partial charge in [-0.1, -0.05) is 13.8 Å². The monoisotopic (exact) mass is 1470 g/mol. The van der Waals surface area contributed by atoms with Crippen LogP contribution < -0.4 is 47.9 Å². The summed E-state index contributed by atoms with van der Waals surface area (Å²) in [5.74, 6) is -5.78. The van der Waals surface area contributed by atoms with Crippen molar-refractivity contribution in [3.05, 3.63) is 0 Å². The molecule has 0 saturated carbocycles. The molecule has 0 spiro atoms. The van der Waals surface area contributed by atoms with E-state index in [1.807, 2.05) is 13.8 Å². The predicted octanol–water partition coefficient (Wildman–Crippen LogP) is -9.11. The lowest BCUT2D eigenvalue weighted by Crippen LogP contribution is -2.64. The molecule has 0 aromatic carbocycles. The summed E-state index contributed by atoms with van der Waals surface area (Å²) in [6.07, 6.45) is -18.7. The van der Waals surface area contributed by atoms with Crippen molar-refractivity contribution in [3.63, 3.8) is 0 Å². The van der Waals surface area contributed by atoms with Gasteiger partial charge in [0.05, 0.1) is 99.1 Å². The van der Waals surface area contributed by atoms with Crippen LogP contribution in [0.2, 0.25) is 0 Å². The number of carbonyl (C=O) groups excluding carboxylic acids is 9. The highest BCUT2D eigenvalue weighted by molar-refractivity contribution is 7.47. The van der Waals surface area contributed by atoms with Crippen LogP contribution >= 0.6 is 7.82 Å². The van der Waals surface area contributed by atoms with Crippen LogP contribution in [0.3, 0.4) is 0 Å². The van der Waals surface area contributed by atoms with Gasteiger partial charge in [0.15, 0.2) is 18.9 Å². The molecule has 16 unspecified atom stereocenters. The number of hydrogen-bond acceptors (Lipinski definition) is 31. The second kappa shape index (κ2) is 50.9. The molecule has 0 aliphatic carbocycles. The smallest absolute Gasteiger partial charge is 0.394 e. The van der Waals surface area contributed by atoms with Gasteiger partial charge < -0.3 is 146 Å². The van der Waals surface area contributed by atoms with Crippen LogP contribution in [-0.4, -0.2) is 340 Å². The van der Waals surface area contributed by atoms with Gasteiger partial charge in [0.2, 0.25) is 53.2 Å². The van der Waals surface area contributed by atoms with E-state index >= 15 is 0 Å². The number of aliphatic hydroxyl groups excluding tert-OH is 9. The van der Waals surface area contributed by atoms with Crippen molar-refractivity contribution >= 4 is 61.0 Å². The lowest BCUT2D eigenvalue weighted by Gasteiger charge is -2.42. The van der Waals surface area contributed by atoms with Gasteiger partial charge in [-0.2, -0.15) is 0 Å². The fourth-order valence-corrected chi connectivity index (χ4v) is 10.1. The topological polar surface area (TPSA) is 592 Å². The van der Waals surface area contributed by atoms with Crippen LogP contribution in [0.1, 0.15) is 79.6 Å². The third-order valence-corrected chi connectivity index (χ3v) is 15.6. The molecule has 0 radical (unpaired) electrons. The van der Waals surface area contributed by atoms with E-state index in [1.165, 1.54) is 20.8 Å². The van der Waals surface area contributed by atoms with Crippen molar-refractivity contribution < 1.29 is 155 Å². The molecule has 3 aliphatic heterocycles. The van der Waals surface area contributed by atoms with Gasteiger partial charge in [0.1, 0.15) is 85.1 Å². The molecular formula is C58H106N9O32P. The van der Waals surface area contributed by atoms with Crippen LogP contribution in [0.25, 0.3) is 0 Å².